The van der Waals surface area contributed by atoms with Crippen LogP contribution in [-0.4, -0.2) is 33.7 Å². The Balaban J connectivity index is 1.29. The van der Waals surface area contributed by atoms with Crippen molar-refractivity contribution in [2.24, 2.45) is 13.0 Å². The zero-order valence-corrected chi connectivity index (χ0v) is 19.9. The van der Waals surface area contributed by atoms with E-state index in [2.05, 4.69) is 20.6 Å². The predicted octanol–water partition coefficient (Wildman–Crippen LogP) is 5.89. The van der Waals surface area contributed by atoms with Gasteiger partial charge in [-0.3, -0.25) is 4.79 Å². The number of fused-ring (bicyclic) bond motifs is 1. The Kier molecular flexibility index (Phi) is 6.70. The third-order valence-corrected chi connectivity index (χ3v) is 6.13. The molecule has 1 saturated heterocycles. The van der Waals surface area contributed by atoms with Crippen molar-refractivity contribution in [2.75, 3.05) is 23.8 Å². The van der Waals surface area contributed by atoms with E-state index in [-0.39, 0.29) is 11.8 Å². The van der Waals surface area contributed by atoms with Crippen molar-refractivity contribution in [2.45, 2.75) is 19.0 Å². The first-order valence-electron chi connectivity index (χ1n) is 11.7. The van der Waals surface area contributed by atoms with Crippen LogP contribution in [0.2, 0.25) is 0 Å². The van der Waals surface area contributed by atoms with E-state index in [9.17, 15) is 18.0 Å². The van der Waals surface area contributed by atoms with Crippen molar-refractivity contribution in [1.29, 1.82) is 0 Å². The van der Waals surface area contributed by atoms with Crippen molar-refractivity contribution in [1.82, 2.24) is 14.5 Å². The third kappa shape index (κ3) is 5.67. The standard InChI is InChI=1S/C26H24F3N5O3/c1-34-22-7-6-19(14-21(22)32-25(34)31-18-4-2-17(3-5-18)26(27,28)29)37-20-8-11-30-23(15-20)33-24(35)16-9-12-36-13-10-16/h2-8,11,14-16H,9-10,12-13H2,1H3,(H,31,32)(H,30,33,35). The average Bonchev–Trinajstić information content (AvgIpc) is 3.18. The number of aryl methyl sites for hydroxylation is 1. The molecular formula is C26H24F3N5O3. The molecule has 8 nitrogen and oxygen atoms in total. The average molecular weight is 512 g/mol. The van der Waals surface area contributed by atoms with Crippen LogP contribution in [-0.2, 0) is 22.8 Å². The number of ether oxygens (including phenoxy) is 2. The highest BCUT2D eigenvalue weighted by atomic mass is 19.4. The Morgan fingerprint density at radius 2 is 1.78 bits per heavy atom. The van der Waals surface area contributed by atoms with Crippen LogP contribution >= 0.6 is 0 Å². The van der Waals surface area contributed by atoms with Gasteiger partial charge >= 0.3 is 6.18 Å². The molecule has 0 aliphatic carbocycles. The molecule has 0 saturated carbocycles. The number of nitrogens with one attached hydrogen (secondary N) is 2. The van der Waals surface area contributed by atoms with Gasteiger partial charge in [-0.05, 0) is 55.3 Å². The van der Waals surface area contributed by atoms with E-state index in [1.807, 2.05) is 6.07 Å². The summed E-state index contributed by atoms with van der Waals surface area (Å²) >= 11 is 0. The quantitative estimate of drug-likeness (QED) is 0.336. The summed E-state index contributed by atoms with van der Waals surface area (Å²) in [6, 6.07) is 13.5. The first kappa shape index (κ1) is 24.6. The highest BCUT2D eigenvalue weighted by molar-refractivity contribution is 5.91. The van der Waals surface area contributed by atoms with Crippen LogP contribution in [0.4, 0.5) is 30.6 Å². The fraction of sp³-hybridized carbons (Fsp3) is 0.269. The molecule has 1 aliphatic heterocycles. The molecule has 0 spiro atoms. The number of anilines is 3. The first-order valence-corrected chi connectivity index (χ1v) is 11.7. The van der Waals surface area contributed by atoms with Crippen molar-refractivity contribution < 1.29 is 27.4 Å². The Morgan fingerprint density at radius 3 is 2.51 bits per heavy atom. The second-order valence-electron chi connectivity index (χ2n) is 8.70. The number of halogens is 3. The molecule has 1 aliphatic rings. The minimum absolute atomic E-state index is 0.0871. The van der Waals surface area contributed by atoms with Crippen LogP contribution < -0.4 is 15.4 Å². The number of amides is 1. The summed E-state index contributed by atoms with van der Waals surface area (Å²) < 4.78 is 51.6. The van der Waals surface area contributed by atoms with Gasteiger partial charge in [-0.2, -0.15) is 13.2 Å². The van der Waals surface area contributed by atoms with E-state index < -0.39 is 11.7 Å². The van der Waals surface area contributed by atoms with Gasteiger partial charge in [0.25, 0.3) is 0 Å². The van der Waals surface area contributed by atoms with E-state index in [1.165, 1.54) is 12.1 Å². The fourth-order valence-electron chi connectivity index (χ4n) is 4.09. The number of rotatable bonds is 6. The molecule has 2 aromatic heterocycles. The number of carbonyl (C=O) groups is 1. The smallest absolute Gasteiger partial charge is 0.416 e. The Bertz CT molecular complexity index is 1410. The summed E-state index contributed by atoms with van der Waals surface area (Å²) in [4.78, 5) is 21.3. The molecule has 1 amide bonds. The maximum Gasteiger partial charge on any atom is 0.416 e. The number of alkyl halides is 3. The van der Waals surface area contributed by atoms with Gasteiger partial charge in [-0.25, -0.2) is 9.97 Å². The summed E-state index contributed by atoms with van der Waals surface area (Å²) in [7, 11) is 1.80. The van der Waals surface area contributed by atoms with E-state index in [0.29, 0.717) is 60.5 Å². The largest absolute Gasteiger partial charge is 0.457 e. The van der Waals surface area contributed by atoms with Gasteiger partial charge in [0.2, 0.25) is 11.9 Å². The van der Waals surface area contributed by atoms with Crippen molar-refractivity contribution in [3.63, 3.8) is 0 Å². The summed E-state index contributed by atoms with van der Waals surface area (Å²) in [5.41, 5.74) is 1.21. The minimum atomic E-state index is -4.39. The number of carbonyl (C=O) groups excluding carboxylic acids is 1. The molecule has 0 bridgehead atoms. The van der Waals surface area contributed by atoms with E-state index in [4.69, 9.17) is 9.47 Å². The molecule has 0 atom stereocenters. The zero-order valence-electron chi connectivity index (χ0n) is 19.9. The Labute approximate surface area is 210 Å². The second kappa shape index (κ2) is 10.1. The molecule has 5 rings (SSSR count). The molecular weight excluding hydrogens is 487 g/mol. The normalized spacial score (nSPS) is 14.5. The number of imidazole rings is 1. The highest BCUT2D eigenvalue weighted by Gasteiger charge is 2.30. The second-order valence-corrected chi connectivity index (χ2v) is 8.70. The number of nitrogens with zero attached hydrogens (tertiary/aromatic N) is 3. The maximum absolute atomic E-state index is 12.8. The van der Waals surface area contributed by atoms with Gasteiger partial charge in [0.05, 0.1) is 16.6 Å². The zero-order chi connectivity index (χ0) is 26.0. The lowest BCUT2D eigenvalue weighted by molar-refractivity contribution is -0.137. The monoisotopic (exact) mass is 511 g/mol. The molecule has 3 heterocycles. The summed E-state index contributed by atoms with van der Waals surface area (Å²) in [5, 5.41) is 5.89. The Hall–Kier alpha value is -4.12. The summed E-state index contributed by atoms with van der Waals surface area (Å²) in [5.74, 6) is 1.70. The predicted molar refractivity (Wildman–Crippen MR) is 132 cm³/mol. The van der Waals surface area contributed by atoms with Gasteiger partial charge < -0.3 is 24.7 Å². The lowest BCUT2D eigenvalue weighted by Gasteiger charge is -2.21. The molecule has 192 valence electrons. The van der Waals surface area contributed by atoms with Gasteiger partial charge in [-0.1, -0.05) is 0 Å². The molecule has 1 fully saturated rings. The van der Waals surface area contributed by atoms with Crippen LogP contribution in [0.25, 0.3) is 11.0 Å². The molecule has 2 N–H and O–H groups in total. The van der Waals surface area contributed by atoms with Crippen molar-refractivity contribution in [3.05, 3.63) is 66.4 Å². The van der Waals surface area contributed by atoms with Crippen LogP contribution in [0.5, 0.6) is 11.5 Å². The fourth-order valence-corrected chi connectivity index (χ4v) is 4.09. The lowest BCUT2D eigenvalue weighted by atomic mass is 9.99. The van der Waals surface area contributed by atoms with Crippen molar-refractivity contribution in [3.8, 4) is 11.5 Å². The van der Waals surface area contributed by atoms with E-state index >= 15 is 0 Å². The van der Waals surface area contributed by atoms with Gasteiger partial charge in [-0.15, -0.1) is 0 Å². The minimum Gasteiger partial charge on any atom is -0.457 e. The molecule has 2 aromatic carbocycles. The molecule has 0 radical (unpaired) electrons. The maximum atomic E-state index is 12.8. The van der Waals surface area contributed by atoms with Crippen LogP contribution in [0.3, 0.4) is 0 Å². The summed E-state index contributed by atoms with van der Waals surface area (Å²) in [6.07, 6.45) is -1.47. The topological polar surface area (TPSA) is 90.3 Å². The van der Waals surface area contributed by atoms with Crippen LogP contribution in [0.15, 0.2) is 60.8 Å². The summed E-state index contributed by atoms with van der Waals surface area (Å²) in [6.45, 7) is 1.15. The van der Waals surface area contributed by atoms with Crippen molar-refractivity contribution >= 4 is 34.4 Å². The van der Waals surface area contributed by atoms with E-state index in [1.54, 1.807) is 42.1 Å². The lowest BCUT2D eigenvalue weighted by Crippen LogP contribution is -2.28. The SMILES string of the molecule is Cn1c(Nc2ccc(C(F)(F)F)cc2)nc2cc(Oc3ccnc(NC(=O)C4CCOCC4)c3)ccc21. The number of hydrogen-bond acceptors (Lipinski definition) is 6. The number of aromatic nitrogens is 3. The number of pyridine rings is 1. The molecule has 11 heteroatoms. The van der Waals surface area contributed by atoms with Gasteiger partial charge in [0.1, 0.15) is 17.3 Å². The molecule has 4 aromatic rings. The van der Waals surface area contributed by atoms with Crippen LogP contribution in [0, 0.1) is 5.92 Å². The Morgan fingerprint density at radius 1 is 1.05 bits per heavy atom. The first-order chi connectivity index (χ1) is 17.8. The highest BCUT2D eigenvalue weighted by Crippen LogP contribution is 2.32. The van der Waals surface area contributed by atoms with Crippen LogP contribution in [0.1, 0.15) is 18.4 Å². The number of benzene rings is 2. The number of hydrogen-bond donors (Lipinski definition) is 2. The molecule has 0 unspecified atom stereocenters. The van der Waals surface area contributed by atoms with E-state index in [0.717, 1.165) is 17.6 Å². The van der Waals surface area contributed by atoms with Gasteiger partial charge in [0, 0.05) is 50.2 Å². The third-order valence-electron chi connectivity index (χ3n) is 6.13. The molecule has 37 heavy (non-hydrogen) atoms. The van der Waals surface area contributed by atoms with Gasteiger partial charge in [0.15, 0.2) is 0 Å².